The summed E-state index contributed by atoms with van der Waals surface area (Å²) in [6.45, 7) is 0. The smallest absolute Gasteiger partial charge is 0.227 e. The van der Waals surface area contributed by atoms with E-state index in [9.17, 15) is 0 Å². The molecule has 0 aliphatic heterocycles. The van der Waals surface area contributed by atoms with E-state index in [1.165, 1.54) is 0 Å². The van der Waals surface area contributed by atoms with E-state index < -0.39 is 0 Å². The van der Waals surface area contributed by atoms with Gasteiger partial charge in [0.15, 0.2) is 16.7 Å². The van der Waals surface area contributed by atoms with Crippen molar-refractivity contribution < 1.29 is 22.1 Å². The van der Waals surface area contributed by atoms with Gasteiger partial charge in [0.05, 0.1) is 44.8 Å². The first-order chi connectivity index (χ1) is 54.0. The molecule has 7 aromatic heterocycles. The molecule has 11 heteroatoms. The van der Waals surface area contributed by atoms with Crippen LogP contribution in [0, 0.1) is 0 Å². The van der Waals surface area contributed by atoms with Gasteiger partial charge in [-0.1, -0.05) is 176 Å². The predicted molar refractivity (Wildman–Crippen MR) is 443 cm³/mol. The second kappa shape index (κ2) is 23.8. The fourth-order valence-corrected chi connectivity index (χ4v) is 16.8. The fraction of sp³-hybridized carbons (Fsp3) is 0. The Morgan fingerprint density at radius 1 is 0.229 bits per heavy atom. The highest BCUT2D eigenvalue weighted by atomic mass is 16.4. The van der Waals surface area contributed by atoms with Crippen LogP contribution in [0.4, 0.5) is 34.1 Å². The summed E-state index contributed by atoms with van der Waals surface area (Å²) in [5.41, 5.74) is 25.8. The molecule has 0 aliphatic rings. The van der Waals surface area contributed by atoms with E-state index in [0.29, 0.717) is 22.9 Å². The number of benzene rings is 16. The monoisotopic (exact) mass is 1400 g/mol. The summed E-state index contributed by atoms with van der Waals surface area (Å²) in [6, 6.07) is 124. The highest BCUT2D eigenvalue weighted by Gasteiger charge is 2.28. The van der Waals surface area contributed by atoms with Crippen LogP contribution in [0.25, 0.3) is 188 Å². The molecule has 7 heterocycles. The van der Waals surface area contributed by atoms with E-state index in [4.69, 9.17) is 32.1 Å². The Morgan fingerprint density at radius 2 is 0.734 bits per heavy atom. The van der Waals surface area contributed by atoms with Gasteiger partial charge in [-0.3, -0.25) is 0 Å². The summed E-state index contributed by atoms with van der Waals surface area (Å²) in [4.78, 5) is 14.8. The summed E-state index contributed by atoms with van der Waals surface area (Å²) in [5, 5.41) is 10.5. The van der Waals surface area contributed by atoms with E-state index in [1.54, 1.807) is 0 Å². The van der Waals surface area contributed by atoms with Gasteiger partial charge in [-0.2, -0.15) is 0 Å². The normalized spacial score (nSPS) is 12.0. The minimum atomic E-state index is 0.510. The Hall–Kier alpha value is -14.9. The van der Waals surface area contributed by atoms with Crippen molar-refractivity contribution in [3.8, 4) is 56.5 Å². The van der Waals surface area contributed by atoms with Crippen molar-refractivity contribution in [3.63, 3.8) is 0 Å². The van der Waals surface area contributed by atoms with Gasteiger partial charge in [-0.25, -0.2) is 9.97 Å². The summed E-state index contributed by atoms with van der Waals surface area (Å²) in [7, 11) is 0. The predicted octanol–water partition coefficient (Wildman–Crippen LogP) is 27.5. The first-order valence-electron chi connectivity index (χ1n) is 36.6. The Morgan fingerprint density at radius 3 is 1.49 bits per heavy atom. The van der Waals surface area contributed by atoms with E-state index >= 15 is 0 Å². The van der Waals surface area contributed by atoms with Crippen LogP contribution in [0.3, 0.4) is 0 Å². The van der Waals surface area contributed by atoms with Gasteiger partial charge in [-0.05, 0) is 174 Å². The number of para-hydroxylation sites is 7. The number of anilines is 6. The minimum Gasteiger partial charge on any atom is -0.456 e. The van der Waals surface area contributed by atoms with Gasteiger partial charge in [0.25, 0.3) is 0 Å². The molecule has 510 valence electrons. The van der Waals surface area contributed by atoms with Crippen molar-refractivity contribution in [2.24, 2.45) is 0 Å². The van der Waals surface area contributed by atoms with Crippen LogP contribution in [0.15, 0.2) is 374 Å². The highest BCUT2D eigenvalue weighted by Crippen LogP contribution is 2.51. The zero-order chi connectivity index (χ0) is 71.4. The molecular formula is C98H58N6O5. The fourth-order valence-electron chi connectivity index (χ4n) is 16.8. The molecule has 23 aromatic rings. The van der Waals surface area contributed by atoms with Crippen molar-refractivity contribution >= 4 is 166 Å². The van der Waals surface area contributed by atoms with Gasteiger partial charge in [0.2, 0.25) is 11.8 Å². The first-order valence-corrected chi connectivity index (χ1v) is 36.6. The van der Waals surface area contributed by atoms with Crippen molar-refractivity contribution in [2.75, 3.05) is 9.80 Å². The summed E-state index contributed by atoms with van der Waals surface area (Å²) < 4.78 is 38.2. The molecular weight excluding hydrogens is 1340 g/mol. The van der Waals surface area contributed by atoms with Gasteiger partial charge in [0.1, 0.15) is 38.9 Å². The van der Waals surface area contributed by atoms with Gasteiger partial charge >= 0.3 is 0 Å². The molecule has 0 fully saturated rings. The molecule has 0 amide bonds. The number of nitrogens with zero attached hydrogens (tertiary/aromatic N) is 6. The van der Waals surface area contributed by atoms with Crippen LogP contribution in [0.2, 0.25) is 0 Å². The second-order valence-electron chi connectivity index (χ2n) is 27.9. The van der Waals surface area contributed by atoms with E-state index in [2.05, 4.69) is 310 Å². The molecule has 16 aromatic carbocycles. The van der Waals surface area contributed by atoms with Crippen LogP contribution in [-0.2, 0) is 0 Å². The maximum Gasteiger partial charge on any atom is 0.227 e. The minimum absolute atomic E-state index is 0.510. The molecule has 109 heavy (non-hydrogen) atoms. The number of hydrogen-bond donors (Lipinski definition) is 0. The number of rotatable bonds is 12. The average Bonchev–Trinajstić information content (AvgIpc) is 1.68. The Balaban J connectivity index is 0.618. The number of fused-ring (bicyclic) bond motifs is 17. The maximum absolute atomic E-state index is 6.95. The molecule has 0 atom stereocenters. The van der Waals surface area contributed by atoms with Crippen LogP contribution in [0.5, 0.6) is 0 Å². The number of hydrogen-bond acceptors (Lipinski definition) is 9. The van der Waals surface area contributed by atoms with Gasteiger partial charge in [-0.15, -0.1) is 0 Å². The van der Waals surface area contributed by atoms with Crippen molar-refractivity contribution in [1.82, 2.24) is 19.1 Å². The van der Waals surface area contributed by atoms with Crippen LogP contribution in [0.1, 0.15) is 0 Å². The number of aromatic nitrogens is 4. The van der Waals surface area contributed by atoms with E-state index in [0.717, 1.165) is 199 Å². The molecule has 11 nitrogen and oxygen atoms in total. The zero-order valence-corrected chi connectivity index (χ0v) is 58.2. The largest absolute Gasteiger partial charge is 0.456 e. The first kappa shape index (κ1) is 60.5. The lowest BCUT2D eigenvalue weighted by molar-refractivity contribution is 0.617. The summed E-state index contributed by atoms with van der Waals surface area (Å²) in [5.74, 6) is 1.10. The van der Waals surface area contributed by atoms with Crippen molar-refractivity contribution in [2.45, 2.75) is 0 Å². The molecule has 0 N–H and O–H groups in total. The lowest BCUT2D eigenvalue weighted by atomic mass is 9.97. The molecule has 0 radical (unpaired) electrons. The third kappa shape index (κ3) is 9.56. The zero-order valence-electron chi connectivity index (χ0n) is 58.2. The number of oxazole rings is 2. The molecule has 0 aliphatic carbocycles. The maximum atomic E-state index is 6.95. The van der Waals surface area contributed by atoms with Gasteiger partial charge < -0.3 is 41.0 Å². The third-order valence-electron chi connectivity index (χ3n) is 21.7. The van der Waals surface area contributed by atoms with E-state index in [1.807, 2.05) is 60.7 Å². The Labute approximate surface area is 621 Å². The standard InChI is InChI=1S/C98H58N6O5/c1-5-21-61(22-6-1)97-100-80-56-91-78(55-93(80)108-97)71-49-45-63(51-89(71)105-91)59-43-46-67(47-44-59)101(64-23-7-2-8-24-64)86-57-87-76(69-29-13-16-33-81(69)103(87)66-27-11-4-12-28-66)53-75(86)60-39-41-62(42-40-60)98-99-79-54-77-72-50-48-68(52-90(72)106-92(77)58-94(79)109-98)104(85-37-19-32-73-70-30-15-18-38-88(70)107-96(73)85)84-36-20-35-83-95(84)74-31-14-17-34-82(74)102(83)65-25-9-3-10-26-65/h1-58H. The second-order valence-corrected chi connectivity index (χ2v) is 27.9. The van der Waals surface area contributed by atoms with Crippen molar-refractivity contribution in [3.05, 3.63) is 352 Å². The molecule has 0 unspecified atom stereocenters. The summed E-state index contributed by atoms with van der Waals surface area (Å²) >= 11 is 0. The quantitative estimate of drug-likeness (QED) is 0.118. The lowest BCUT2D eigenvalue weighted by Crippen LogP contribution is -2.11. The lowest BCUT2D eigenvalue weighted by Gasteiger charge is -2.28. The average molecular weight is 1400 g/mol. The van der Waals surface area contributed by atoms with Gasteiger partial charge in [0, 0.05) is 112 Å². The SMILES string of the molecule is c1ccc(-c2nc3cc4oc5cc(-c6ccc(N(c7ccccc7)c7cc8c(cc7-c7ccc(-c9nc%10cc%11c(cc%10o9)oc9cc(N(c%10cccc%12c%10oc%10ccccc%10%12)c%10cccc%12c%10c%10ccccc%10n%12-c%10ccccc%10)ccc9%11)cc7)c7ccccc7n8-c7ccccc7)cc6)ccc5c4cc3o2)cc1. The molecule has 0 bridgehead atoms. The Bertz CT molecular complexity index is 7600. The highest BCUT2D eigenvalue weighted by molar-refractivity contribution is 6.20. The van der Waals surface area contributed by atoms with Crippen molar-refractivity contribution in [1.29, 1.82) is 0 Å². The molecule has 0 spiro atoms. The third-order valence-corrected chi connectivity index (χ3v) is 21.7. The van der Waals surface area contributed by atoms with Crippen LogP contribution < -0.4 is 9.80 Å². The topological polar surface area (TPSA) is 108 Å². The van der Waals surface area contributed by atoms with Crippen LogP contribution >= 0.6 is 0 Å². The summed E-state index contributed by atoms with van der Waals surface area (Å²) in [6.07, 6.45) is 0. The Kier molecular flexibility index (Phi) is 13.2. The molecule has 0 saturated heterocycles. The van der Waals surface area contributed by atoms with E-state index in [-0.39, 0.29) is 0 Å². The van der Waals surface area contributed by atoms with Crippen LogP contribution in [-0.4, -0.2) is 19.1 Å². The molecule has 0 saturated carbocycles. The molecule has 23 rings (SSSR count). The number of furan rings is 3.